The first kappa shape index (κ1) is 19.0. The van der Waals surface area contributed by atoms with Gasteiger partial charge in [-0.25, -0.2) is 15.0 Å². The fraction of sp³-hybridized carbons (Fsp3) is 0.316. The molecule has 0 spiro atoms. The number of nitrogens with one attached hydrogen (secondary N) is 1. The van der Waals surface area contributed by atoms with Gasteiger partial charge in [-0.1, -0.05) is 23.2 Å². The molecule has 0 unspecified atom stereocenters. The van der Waals surface area contributed by atoms with E-state index in [9.17, 15) is 0 Å². The lowest BCUT2D eigenvalue weighted by Gasteiger charge is -2.16. The molecule has 0 atom stereocenters. The van der Waals surface area contributed by atoms with Crippen molar-refractivity contribution in [2.45, 2.75) is 25.4 Å². The molecule has 0 bridgehead atoms. The molecule has 1 saturated carbocycles. The molecule has 1 aliphatic carbocycles. The van der Waals surface area contributed by atoms with E-state index in [0.29, 0.717) is 50.9 Å². The first-order chi connectivity index (χ1) is 13.5. The van der Waals surface area contributed by atoms with Crippen LogP contribution in [0, 0.1) is 0 Å². The molecule has 0 saturated heterocycles. The van der Waals surface area contributed by atoms with Crippen LogP contribution in [0.1, 0.15) is 18.5 Å². The third-order valence-electron chi connectivity index (χ3n) is 4.62. The average Bonchev–Trinajstić information content (AvgIpc) is 3.51. The SMILES string of the molecule is COc1cc(OC)c(Cl)c(-c2cc3cnc(N)nc3c(CNC3CC3)n2)c1Cl. The summed E-state index contributed by atoms with van der Waals surface area (Å²) in [5, 5.41) is 4.97. The summed E-state index contributed by atoms with van der Waals surface area (Å²) >= 11 is 13.1. The van der Waals surface area contributed by atoms with Gasteiger partial charge in [0, 0.05) is 35.8 Å². The Bertz CT molecular complexity index is 1030. The maximum Gasteiger partial charge on any atom is 0.220 e. The van der Waals surface area contributed by atoms with Gasteiger partial charge < -0.3 is 20.5 Å². The Hall–Kier alpha value is -2.35. The lowest BCUT2D eigenvalue weighted by Crippen LogP contribution is -2.17. The van der Waals surface area contributed by atoms with Gasteiger partial charge in [0.05, 0.1) is 41.2 Å². The highest BCUT2D eigenvalue weighted by Crippen LogP contribution is 2.45. The molecule has 1 aromatic carbocycles. The third kappa shape index (κ3) is 3.53. The standard InChI is InChI=1S/C19H19Cl2N5O2/c1-27-13-6-14(28-2)17(21)15(16(13)20)11-5-9-7-24-19(22)26-18(9)12(25-11)8-23-10-3-4-10/h5-7,10,23H,3-4,8H2,1-2H3,(H2,22,24,26). The van der Waals surface area contributed by atoms with Crippen molar-refractivity contribution in [1.29, 1.82) is 0 Å². The minimum atomic E-state index is 0.203. The van der Waals surface area contributed by atoms with Gasteiger partial charge in [-0.3, -0.25) is 0 Å². The zero-order chi connectivity index (χ0) is 19.8. The molecule has 146 valence electrons. The summed E-state index contributed by atoms with van der Waals surface area (Å²) in [5.74, 6) is 1.10. The van der Waals surface area contributed by atoms with Gasteiger partial charge in [0.25, 0.3) is 0 Å². The number of anilines is 1. The van der Waals surface area contributed by atoms with Gasteiger partial charge in [-0.15, -0.1) is 0 Å². The van der Waals surface area contributed by atoms with Crippen molar-refractivity contribution in [3.8, 4) is 22.8 Å². The molecule has 7 nitrogen and oxygen atoms in total. The molecule has 4 rings (SSSR count). The predicted octanol–water partition coefficient (Wildman–Crippen LogP) is 3.85. The largest absolute Gasteiger partial charge is 0.495 e. The minimum absolute atomic E-state index is 0.203. The van der Waals surface area contributed by atoms with Crippen LogP contribution in [0.4, 0.5) is 5.95 Å². The van der Waals surface area contributed by atoms with E-state index >= 15 is 0 Å². The second-order valence-corrected chi connectivity index (χ2v) is 7.32. The Morgan fingerprint density at radius 3 is 2.39 bits per heavy atom. The van der Waals surface area contributed by atoms with Gasteiger partial charge >= 0.3 is 0 Å². The number of nitrogens with two attached hydrogens (primary N) is 1. The average molecular weight is 420 g/mol. The first-order valence-electron chi connectivity index (χ1n) is 8.77. The fourth-order valence-electron chi connectivity index (χ4n) is 3.01. The lowest BCUT2D eigenvalue weighted by atomic mass is 10.1. The van der Waals surface area contributed by atoms with E-state index in [0.717, 1.165) is 11.1 Å². The Kier molecular flexibility index (Phi) is 5.14. The topological polar surface area (TPSA) is 95.2 Å². The van der Waals surface area contributed by atoms with E-state index in [1.54, 1.807) is 12.3 Å². The zero-order valence-corrected chi connectivity index (χ0v) is 16.9. The summed E-state index contributed by atoms with van der Waals surface area (Å²) in [4.78, 5) is 13.3. The van der Waals surface area contributed by atoms with E-state index in [1.807, 2.05) is 6.07 Å². The van der Waals surface area contributed by atoms with Gasteiger partial charge in [-0.2, -0.15) is 0 Å². The molecule has 28 heavy (non-hydrogen) atoms. The Labute approximate surface area is 172 Å². The second-order valence-electron chi connectivity index (χ2n) is 6.56. The summed E-state index contributed by atoms with van der Waals surface area (Å²) in [6.07, 6.45) is 4.00. The number of fused-ring (bicyclic) bond motifs is 1. The Morgan fingerprint density at radius 1 is 1.11 bits per heavy atom. The van der Waals surface area contributed by atoms with E-state index in [1.165, 1.54) is 27.1 Å². The molecule has 2 heterocycles. The molecular weight excluding hydrogens is 401 g/mol. The smallest absolute Gasteiger partial charge is 0.220 e. The second kappa shape index (κ2) is 7.58. The summed E-state index contributed by atoms with van der Waals surface area (Å²) < 4.78 is 10.7. The van der Waals surface area contributed by atoms with Crippen LogP contribution < -0.4 is 20.5 Å². The van der Waals surface area contributed by atoms with E-state index in [-0.39, 0.29) is 5.95 Å². The van der Waals surface area contributed by atoms with Crippen LogP contribution >= 0.6 is 23.2 Å². The third-order valence-corrected chi connectivity index (χ3v) is 5.37. The molecule has 2 aromatic heterocycles. The maximum absolute atomic E-state index is 6.57. The molecule has 9 heteroatoms. The number of pyridine rings is 1. The maximum atomic E-state index is 6.57. The van der Waals surface area contributed by atoms with Gasteiger partial charge in [0.15, 0.2) is 0 Å². The number of hydrogen-bond donors (Lipinski definition) is 2. The van der Waals surface area contributed by atoms with Gasteiger partial charge in [0.2, 0.25) is 5.95 Å². The highest BCUT2D eigenvalue weighted by molar-refractivity contribution is 6.41. The normalized spacial score (nSPS) is 13.7. The number of halogens is 2. The molecular formula is C19H19Cl2N5O2. The lowest BCUT2D eigenvalue weighted by molar-refractivity contribution is 0.395. The summed E-state index contributed by atoms with van der Waals surface area (Å²) in [6.45, 7) is 0.557. The van der Waals surface area contributed by atoms with E-state index in [4.69, 9.17) is 43.4 Å². The van der Waals surface area contributed by atoms with Gasteiger partial charge in [0.1, 0.15) is 11.5 Å². The molecule has 0 amide bonds. The monoisotopic (exact) mass is 419 g/mol. The molecule has 1 fully saturated rings. The minimum Gasteiger partial charge on any atom is -0.495 e. The zero-order valence-electron chi connectivity index (χ0n) is 15.4. The van der Waals surface area contributed by atoms with Crippen molar-refractivity contribution >= 4 is 40.1 Å². The fourth-order valence-corrected chi connectivity index (χ4v) is 3.70. The Morgan fingerprint density at radius 2 is 1.79 bits per heavy atom. The summed E-state index contributed by atoms with van der Waals surface area (Å²) in [6, 6.07) is 4.00. The van der Waals surface area contributed by atoms with Crippen molar-refractivity contribution < 1.29 is 9.47 Å². The molecule has 3 aromatic rings. The number of ether oxygens (including phenoxy) is 2. The number of benzene rings is 1. The molecule has 0 aliphatic heterocycles. The Balaban J connectivity index is 1.92. The van der Waals surface area contributed by atoms with Crippen LogP contribution in [0.15, 0.2) is 18.3 Å². The summed E-state index contributed by atoms with van der Waals surface area (Å²) in [7, 11) is 3.07. The van der Waals surface area contributed by atoms with Crippen LogP contribution in [0.2, 0.25) is 10.0 Å². The number of methoxy groups -OCH3 is 2. The van der Waals surface area contributed by atoms with Crippen LogP contribution in [-0.2, 0) is 6.54 Å². The van der Waals surface area contributed by atoms with Crippen LogP contribution in [-0.4, -0.2) is 35.2 Å². The number of hydrogen-bond acceptors (Lipinski definition) is 7. The van der Waals surface area contributed by atoms with Crippen molar-refractivity contribution in [2.24, 2.45) is 0 Å². The van der Waals surface area contributed by atoms with E-state index < -0.39 is 0 Å². The van der Waals surface area contributed by atoms with Crippen molar-refractivity contribution in [3.05, 3.63) is 34.1 Å². The van der Waals surface area contributed by atoms with Crippen LogP contribution in [0.3, 0.4) is 0 Å². The molecule has 1 aliphatic rings. The highest BCUT2D eigenvalue weighted by Gasteiger charge is 2.23. The molecule has 0 radical (unpaired) electrons. The van der Waals surface area contributed by atoms with Crippen LogP contribution in [0.5, 0.6) is 11.5 Å². The number of nitrogens with zero attached hydrogens (tertiary/aromatic N) is 3. The van der Waals surface area contributed by atoms with Crippen molar-refractivity contribution in [2.75, 3.05) is 20.0 Å². The van der Waals surface area contributed by atoms with Crippen molar-refractivity contribution in [1.82, 2.24) is 20.3 Å². The highest BCUT2D eigenvalue weighted by atomic mass is 35.5. The quantitative estimate of drug-likeness (QED) is 0.626. The number of rotatable bonds is 6. The van der Waals surface area contributed by atoms with Crippen molar-refractivity contribution in [3.63, 3.8) is 0 Å². The summed E-state index contributed by atoms with van der Waals surface area (Å²) in [5.41, 5.74) is 8.36. The van der Waals surface area contributed by atoms with E-state index in [2.05, 4.69) is 15.3 Å². The molecule has 3 N–H and O–H groups in total. The first-order valence-corrected chi connectivity index (χ1v) is 9.53. The predicted molar refractivity (Wildman–Crippen MR) is 110 cm³/mol. The van der Waals surface area contributed by atoms with Gasteiger partial charge in [-0.05, 0) is 18.9 Å². The number of aromatic nitrogens is 3. The van der Waals surface area contributed by atoms with Crippen LogP contribution in [0.25, 0.3) is 22.2 Å². The number of nitrogen functional groups attached to an aromatic ring is 1.